The number of likely N-dealkylation sites (N-methyl/N-ethyl adjacent to an activating group) is 1. The molecule has 1 saturated heterocycles. The maximum absolute atomic E-state index is 12.9. The zero-order valence-electron chi connectivity index (χ0n) is 16.5. The zero-order valence-corrected chi connectivity index (χ0v) is 17.2. The third-order valence-corrected chi connectivity index (χ3v) is 6.24. The van der Waals surface area contributed by atoms with Crippen molar-refractivity contribution < 1.29 is 9.47 Å². The molecular weight excluding hydrogens is 382 g/mol. The topological polar surface area (TPSA) is 74.4 Å². The lowest BCUT2D eigenvalue weighted by atomic mass is 9.89. The van der Waals surface area contributed by atoms with Crippen LogP contribution in [-0.2, 0) is 11.8 Å². The SMILES string of the molecule is C=C[C@H](Oc1nc(Cl)nc2c1n(C)c(=O)n2C1CC(OC)C1)[C@@H]1CCCN1C. The molecule has 0 amide bonds. The van der Waals surface area contributed by atoms with Crippen molar-refractivity contribution in [1.29, 1.82) is 0 Å². The average Bonchev–Trinajstić information content (AvgIpc) is 3.15. The van der Waals surface area contributed by atoms with Crippen LogP contribution in [0.1, 0.15) is 31.7 Å². The largest absolute Gasteiger partial charge is 0.467 e. The van der Waals surface area contributed by atoms with E-state index in [1.807, 2.05) is 0 Å². The Morgan fingerprint density at radius 1 is 1.32 bits per heavy atom. The molecule has 28 heavy (non-hydrogen) atoms. The number of methoxy groups -OCH3 is 1. The molecule has 152 valence electrons. The van der Waals surface area contributed by atoms with Gasteiger partial charge in [-0.05, 0) is 57.0 Å². The lowest BCUT2D eigenvalue weighted by molar-refractivity contribution is 0.00616. The number of halogens is 1. The van der Waals surface area contributed by atoms with Gasteiger partial charge in [0, 0.05) is 20.2 Å². The first-order chi connectivity index (χ1) is 13.4. The minimum Gasteiger partial charge on any atom is -0.467 e. The summed E-state index contributed by atoms with van der Waals surface area (Å²) in [6.45, 7) is 4.96. The van der Waals surface area contributed by atoms with Gasteiger partial charge in [0.1, 0.15) is 6.10 Å². The Bertz CT molecular complexity index is 949. The molecule has 2 aliphatic rings. The van der Waals surface area contributed by atoms with Gasteiger partial charge >= 0.3 is 5.69 Å². The van der Waals surface area contributed by atoms with Crippen LogP contribution in [0, 0.1) is 0 Å². The van der Waals surface area contributed by atoms with E-state index in [9.17, 15) is 4.79 Å². The fraction of sp³-hybridized carbons (Fsp3) is 0.632. The van der Waals surface area contributed by atoms with E-state index in [1.165, 1.54) is 0 Å². The molecule has 0 N–H and O–H groups in total. The van der Waals surface area contributed by atoms with Gasteiger partial charge in [-0.1, -0.05) is 6.58 Å². The van der Waals surface area contributed by atoms with Gasteiger partial charge in [0.15, 0.2) is 11.2 Å². The molecule has 0 spiro atoms. The number of imidazole rings is 1. The molecule has 1 aliphatic heterocycles. The number of aromatic nitrogens is 4. The van der Waals surface area contributed by atoms with Crippen LogP contribution in [-0.4, -0.2) is 63.0 Å². The van der Waals surface area contributed by atoms with Crippen molar-refractivity contribution in [2.75, 3.05) is 20.7 Å². The van der Waals surface area contributed by atoms with Gasteiger partial charge < -0.3 is 9.47 Å². The summed E-state index contributed by atoms with van der Waals surface area (Å²) < 4.78 is 14.8. The molecule has 8 nitrogen and oxygen atoms in total. The predicted molar refractivity (Wildman–Crippen MR) is 107 cm³/mol. The number of fused-ring (bicyclic) bond motifs is 1. The summed E-state index contributed by atoms with van der Waals surface area (Å²) in [5, 5.41) is 0.0621. The molecule has 3 heterocycles. The summed E-state index contributed by atoms with van der Waals surface area (Å²) in [7, 11) is 5.48. The van der Waals surface area contributed by atoms with Crippen molar-refractivity contribution in [1.82, 2.24) is 24.0 Å². The van der Waals surface area contributed by atoms with Crippen LogP contribution in [0.15, 0.2) is 17.4 Å². The standard InChI is InChI=1S/C19H26ClN5O3/c1-5-14(13-7-6-8-23(13)2)28-17-15-16(21-18(20)22-17)25(19(26)24(15)3)11-9-12(10-11)27-4/h5,11-14H,1,6-10H2,2-4H3/t11?,12?,13-,14-/m0/s1. The van der Waals surface area contributed by atoms with Gasteiger partial charge in [-0.25, -0.2) is 4.79 Å². The van der Waals surface area contributed by atoms with Crippen LogP contribution >= 0.6 is 11.6 Å². The first-order valence-corrected chi connectivity index (χ1v) is 9.99. The number of hydrogen-bond acceptors (Lipinski definition) is 6. The summed E-state index contributed by atoms with van der Waals surface area (Å²) in [6.07, 6.45) is 5.40. The number of nitrogens with zero attached hydrogens (tertiary/aromatic N) is 5. The van der Waals surface area contributed by atoms with E-state index in [-0.39, 0.29) is 35.3 Å². The Hall–Kier alpha value is -1.90. The summed E-state index contributed by atoms with van der Waals surface area (Å²) in [5.41, 5.74) is 0.913. The van der Waals surface area contributed by atoms with E-state index >= 15 is 0 Å². The third kappa shape index (κ3) is 3.13. The zero-order chi connectivity index (χ0) is 20.0. The molecule has 2 aromatic heterocycles. The average molecular weight is 408 g/mol. The van der Waals surface area contributed by atoms with Crippen molar-refractivity contribution in [3.05, 3.63) is 28.4 Å². The first kappa shape index (κ1) is 19.4. The molecule has 0 bridgehead atoms. The first-order valence-electron chi connectivity index (χ1n) is 9.61. The molecular formula is C19H26ClN5O3. The highest BCUT2D eigenvalue weighted by Crippen LogP contribution is 2.36. The maximum Gasteiger partial charge on any atom is 0.330 e. The number of ether oxygens (including phenoxy) is 2. The Morgan fingerprint density at radius 3 is 2.68 bits per heavy atom. The van der Waals surface area contributed by atoms with E-state index < -0.39 is 0 Å². The van der Waals surface area contributed by atoms with Crippen LogP contribution in [0.4, 0.5) is 0 Å². The molecule has 0 aromatic carbocycles. The second-order valence-electron chi connectivity index (χ2n) is 7.67. The van der Waals surface area contributed by atoms with Crippen molar-refractivity contribution in [3.8, 4) is 5.88 Å². The van der Waals surface area contributed by atoms with Gasteiger partial charge in [-0.15, -0.1) is 0 Å². The van der Waals surface area contributed by atoms with E-state index in [1.54, 1.807) is 29.4 Å². The molecule has 0 radical (unpaired) electrons. The lowest BCUT2D eigenvalue weighted by Gasteiger charge is -2.34. The van der Waals surface area contributed by atoms with Crippen LogP contribution in [0.5, 0.6) is 5.88 Å². The molecule has 0 unspecified atom stereocenters. The summed E-state index contributed by atoms with van der Waals surface area (Å²) >= 11 is 6.21. The highest BCUT2D eigenvalue weighted by atomic mass is 35.5. The van der Waals surface area contributed by atoms with Crippen molar-refractivity contribution in [3.63, 3.8) is 0 Å². The monoisotopic (exact) mass is 407 g/mol. The fourth-order valence-corrected chi connectivity index (χ4v) is 4.48. The van der Waals surface area contributed by atoms with Crippen LogP contribution < -0.4 is 10.4 Å². The van der Waals surface area contributed by atoms with Crippen molar-refractivity contribution in [2.24, 2.45) is 7.05 Å². The predicted octanol–water partition coefficient (Wildman–Crippen LogP) is 2.16. The lowest BCUT2D eigenvalue weighted by Crippen LogP contribution is -2.39. The number of aryl methyl sites for hydroxylation is 1. The second kappa shape index (κ2) is 7.50. The summed E-state index contributed by atoms with van der Waals surface area (Å²) in [5.74, 6) is 0.321. The Morgan fingerprint density at radius 2 is 2.07 bits per heavy atom. The molecule has 1 aliphatic carbocycles. The maximum atomic E-state index is 12.9. The van der Waals surface area contributed by atoms with E-state index in [0.29, 0.717) is 17.0 Å². The van der Waals surface area contributed by atoms with Gasteiger partial charge in [-0.2, -0.15) is 9.97 Å². The van der Waals surface area contributed by atoms with E-state index in [4.69, 9.17) is 21.1 Å². The molecule has 1 saturated carbocycles. The second-order valence-corrected chi connectivity index (χ2v) is 8.01. The number of hydrogen-bond donors (Lipinski definition) is 0. The van der Waals surface area contributed by atoms with Crippen molar-refractivity contribution >= 4 is 22.8 Å². The summed E-state index contributed by atoms with van der Waals surface area (Å²) in [4.78, 5) is 23.9. The smallest absolute Gasteiger partial charge is 0.330 e. The molecule has 2 atom stereocenters. The molecule has 9 heteroatoms. The third-order valence-electron chi connectivity index (χ3n) is 6.07. The number of rotatable bonds is 6. The summed E-state index contributed by atoms with van der Waals surface area (Å²) in [6, 6.07) is 0.255. The van der Waals surface area contributed by atoms with E-state index in [2.05, 4.69) is 28.5 Å². The molecule has 4 rings (SSSR count). The highest BCUT2D eigenvalue weighted by molar-refractivity contribution is 6.28. The molecule has 2 aromatic rings. The Kier molecular flexibility index (Phi) is 5.20. The Balaban J connectivity index is 1.75. The van der Waals surface area contributed by atoms with Crippen LogP contribution in [0.3, 0.4) is 0 Å². The number of likely N-dealkylation sites (tertiary alicyclic amines) is 1. The van der Waals surface area contributed by atoms with Gasteiger partial charge in [0.2, 0.25) is 11.2 Å². The van der Waals surface area contributed by atoms with E-state index in [0.717, 1.165) is 32.2 Å². The minimum absolute atomic E-state index is 0.0381. The molecule has 2 fully saturated rings. The van der Waals surface area contributed by atoms with Gasteiger partial charge in [0.25, 0.3) is 0 Å². The van der Waals surface area contributed by atoms with Crippen LogP contribution in [0.2, 0.25) is 5.28 Å². The van der Waals surface area contributed by atoms with Gasteiger partial charge in [0.05, 0.1) is 12.1 Å². The van der Waals surface area contributed by atoms with Gasteiger partial charge in [-0.3, -0.25) is 14.0 Å². The fourth-order valence-electron chi connectivity index (χ4n) is 4.32. The Labute approximate surface area is 168 Å². The normalized spacial score (nSPS) is 26.4. The highest BCUT2D eigenvalue weighted by Gasteiger charge is 2.35. The quantitative estimate of drug-likeness (QED) is 0.539. The minimum atomic E-state index is -0.248. The van der Waals surface area contributed by atoms with Crippen molar-refractivity contribution in [2.45, 2.75) is 50.0 Å². The van der Waals surface area contributed by atoms with Crippen LogP contribution in [0.25, 0.3) is 11.2 Å².